The molecule has 0 aliphatic rings. The first-order chi connectivity index (χ1) is 9.15. The Hall–Kier alpha value is -1.02. The van der Waals surface area contributed by atoms with Gasteiger partial charge in [-0.2, -0.15) is 0 Å². The van der Waals surface area contributed by atoms with E-state index in [-0.39, 0.29) is 6.04 Å². The van der Waals surface area contributed by atoms with E-state index in [4.69, 9.17) is 5.73 Å². The van der Waals surface area contributed by atoms with Gasteiger partial charge in [-0.05, 0) is 30.4 Å². The van der Waals surface area contributed by atoms with Crippen LogP contribution >= 0.6 is 0 Å². The van der Waals surface area contributed by atoms with E-state index in [9.17, 15) is 0 Å². The van der Waals surface area contributed by atoms with E-state index in [1.807, 2.05) is 0 Å². The maximum atomic E-state index is 6.31. The number of anilines is 1. The van der Waals surface area contributed by atoms with Crippen LogP contribution < -0.4 is 11.1 Å². The Morgan fingerprint density at radius 2 is 1.84 bits per heavy atom. The Morgan fingerprint density at radius 3 is 2.53 bits per heavy atom. The topological polar surface area (TPSA) is 38.0 Å². The van der Waals surface area contributed by atoms with Crippen molar-refractivity contribution in [3.8, 4) is 0 Å². The Morgan fingerprint density at radius 1 is 1.11 bits per heavy atom. The second-order valence-corrected chi connectivity index (χ2v) is 5.81. The summed E-state index contributed by atoms with van der Waals surface area (Å²) in [6.07, 6.45) is 6.20. The normalized spacial score (nSPS) is 12.7. The minimum Gasteiger partial charge on any atom is -0.385 e. The largest absolute Gasteiger partial charge is 0.385 e. The molecule has 0 aromatic heterocycles. The highest BCUT2D eigenvalue weighted by Crippen LogP contribution is 2.25. The Labute approximate surface area is 118 Å². The van der Waals surface area contributed by atoms with Crippen LogP contribution in [-0.4, -0.2) is 6.54 Å². The molecular weight excluding hydrogens is 232 g/mol. The van der Waals surface area contributed by atoms with Crippen LogP contribution in [0, 0.1) is 5.92 Å². The van der Waals surface area contributed by atoms with E-state index >= 15 is 0 Å². The lowest BCUT2D eigenvalue weighted by molar-refractivity contribution is 0.510. The van der Waals surface area contributed by atoms with E-state index in [1.165, 1.54) is 36.9 Å². The van der Waals surface area contributed by atoms with Gasteiger partial charge in [0.15, 0.2) is 0 Å². The number of hydrogen-bond acceptors (Lipinski definition) is 2. The molecule has 1 rings (SSSR count). The summed E-state index contributed by atoms with van der Waals surface area (Å²) in [4.78, 5) is 0. The predicted octanol–water partition coefficient (Wildman–Crippen LogP) is 4.72. The number of nitrogens with one attached hydrogen (secondary N) is 1. The molecule has 0 saturated carbocycles. The van der Waals surface area contributed by atoms with Crippen molar-refractivity contribution in [1.82, 2.24) is 0 Å². The fraction of sp³-hybridized carbons (Fsp3) is 0.647. The van der Waals surface area contributed by atoms with Crippen LogP contribution in [0.4, 0.5) is 5.69 Å². The standard InChI is InChI=1S/C17H30N2/c1-4-5-6-9-12-19-17-11-8-7-10-15(17)16(18)13-14(2)3/h7-8,10-11,14,16,19H,4-6,9,12-13,18H2,1-3H3/t16-/m0/s1. The van der Waals surface area contributed by atoms with Crippen molar-refractivity contribution in [2.75, 3.05) is 11.9 Å². The van der Waals surface area contributed by atoms with Crippen LogP contribution in [0.3, 0.4) is 0 Å². The van der Waals surface area contributed by atoms with Crippen LogP contribution in [0.25, 0.3) is 0 Å². The Balaban J connectivity index is 2.52. The fourth-order valence-corrected chi connectivity index (χ4v) is 2.39. The van der Waals surface area contributed by atoms with Crippen LogP contribution in [0.2, 0.25) is 0 Å². The first kappa shape index (κ1) is 16.0. The van der Waals surface area contributed by atoms with E-state index in [0.29, 0.717) is 5.92 Å². The van der Waals surface area contributed by atoms with Crippen LogP contribution in [0.15, 0.2) is 24.3 Å². The van der Waals surface area contributed by atoms with Gasteiger partial charge in [0.1, 0.15) is 0 Å². The van der Waals surface area contributed by atoms with Gasteiger partial charge in [-0.15, -0.1) is 0 Å². The molecule has 108 valence electrons. The van der Waals surface area contributed by atoms with Gasteiger partial charge in [0.2, 0.25) is 0 Å². The molecule has 19 heavy (non-hydrogen) atoms. The van der Waals surface area contributed by atoms with Crippen LogP contribution in [0.1, 0.15) is 64.5 Å². The molecule has 0 heterocycles. The quantitative estimate of drug-likeness (QED) is 0.632. The van der Waals surface area contributed by atoms with Gasteiger partial charge < -0.3 is 11.1 Å². The van der Waals surface area contributed by atoms with Crippen molar-refractivity contribution in [2.24, 2.45) is 11.7 Å². The lowest BCUT2D eigenvalue weighted by Gasteiger charge is -2.19. The average Bonchev–Trinajstić information content (AvgIpc) is 2.38. The Kier molecular flexibility index (Phi) is 7.57. The zero-order valence-electron chi connectivity index (χ0n) is 12.8. The average molecular weight is 262 g/mol. The minimum atomic E-state index is 0.138. The van der Waals surface area contributed by atoms with E-state index < -0.39 is 0 Å². The first-order valence-corrected chi connectivity index (χ1v) is 7.73. The number of rotatable bonds is 9. The summed E-state index contributed by atoms with van der Waals surface area (Å²) >= 11 is 0. The van der Waals surface area contributed by atoms with Crippen molar-refractivity contribution in [1.29, 1.82) is 0 Å². The molecule has 0 aliphatic heterocycles. The van der Waals surface area contributed by atoms with Crippen molar-refractivity contribution in [3.63, 3.8) is 0 Å². The number of unbranched alkanes of at least 4 members (excludes halogenated alkanes) is 3. The van der Waals surface area contributed by atoms with Gasteiger partial charge in [0.25, 0.3) is 0 Å². The zero-order chi connectivity index (χ0) is 14.1. The second kappa shape index (κ2) is 8.98. The molecule has 2 nitrogen and oxygen atoms in total. The van der Waals surface area contributed by atoms with Gasteiger partial charge >= 0.3 is 0 Å². The molecule has 3 N–H and O–H groups in total. The summed E-state index contributed by atoms with van der Waals surface area (Å²) in [7, 11) is 0. The van der Waals surface area contributed by atoms with Gasteiger partial charge in [-0.3, -0.25) is 0 Å². The third-order valence-electron chi connectivity index (χ3n) is 3.43. The SMILES string of the molecule is CCCCCCNc1ccccc1[C@@H](N)CC(C)C. The highest BCUT2D eigenvalue weighted by atomic mass is 14.9. The summed E-state index contributed by atoms with van der Waals surface area (Å²) in [5.41, 5.74) is 8.78. The molecule has 0 fully saturated rings. The van der Waals surface area contributed by atoms with Gasteiger partial charge in [0, 0.05) is 18.3 Å². The van der Waals surface area contributed by atoms with Gasteiger partial charge in [-0.25, -0.2) is 0 Å². The highest BCUT2D eigenvalue weighted by molar-refractivity contribution is 5.52. The predicted molar refractivity (Wildman–Crippen MR) is 85.5 cm³/mol. The molecular formula is C17H30N2. The van der Waals surface area contributed by atoms with Crippen molar-refractivity contribution in [2.45, 2.75) is 58.9 Å². The zero-order valence-corrected chi connectivity index (χ0v) is 12.8. The number of nitrogens with two attached hydrogens (primary N) is 1. The maximum Gasteiger partial charge on any atom is 0.0388 e. The van der Waals surface area contributed by atoms with Gasteiger partial charge in [0.05, 0.1) is 0 Å². The molecule has 0 aliphatic carbocycles. The molecule has 1 atom stereocenters. The number of para-hydroxylation sites is 1. The van der Waals surface area contributed by atoms with Crippen molar-refractivity contribution >= 4 is 5.69 Å². The molecule has 0 bridgehead atoms. The third-order valence-corrected chi connectivity index (χ3v) is 3.43. The summed E-state index contributed by atoms with van der Waals surface area (Å²) in [6, 6.07) is 8.61. The van der Waals surface area contributed by atoms with E-state index in [1.54, 1.807) is 0 Å². The fourth-order valence-electron chi connectivity index (χ4n) is 2.39. The highest BCUT2D eigenvalue weighted by Gasteiger charge is 2.11. The van der Waals surface area contributed by atoms with E-state index in [2.05, 4.69) is 50.4 Å². The van der Waals surface area contributed by atoms with Gasteiger partial charge in [-0.1, -0.05) is 58.2 Å². The summed E-state index contributed by atoms with van der Waals surface area (Å²) in [5.74, 6) is 0.632. The molecule has 0 radical (unpaired) electrons. The molecule has 1 aromatic carbocycles. The molecule has 0 saturated heterocycles. The van der Waals surface area contributed by atoms with Crippen molar-refractivity contribution in [3.05, 3.63) is 29.8 Å². The lowest BCUT2D eigenvalue weighted by atomic mass is 9.96. The third kappa shape index (κ3) is 6.11. The van der Waals surface area contributed by atoms with Crippen molar-refractivity contribution < 1.29 is 0 Å². The summed E-state index contributed by atoms with van der Waals surface area (Å²) < 4.78 is 0. The van der Waals surface area contributed by atoms with Crippen LogP contribution in [0.5, 0.6) is 0 Å². The summed E-state index contributed by atoms with van der Waals surface area (Å²) in [5, 5.41) is 3.55. The molecule has 1 aromatic rings. The molecule has 0 spiro atoms. The molecule has 2 heteroatoms. The minimum absolute atomic E-state index is 0.138. The smallest absolute Gasteiger partial charge is 0.0388 e. The number of hydrogen-bond donors (Lipinski definition) is 2. The second-order valence-electron chi connectivity index (χ2n) is 5.81. The Bertz CT molecular complexity index is 347. The first-order valence-electron chi connectivity index (χ1n) is 7.73. The maximum absolute atomic E-state index is 6.31. The molecule has 0 unspecified atom stereocenters. The monoisotopic (exact) mass is 262 g/mol. The lowest BCUT2D eigenvalue weighted by Crippen LogP contribution is -2.15. The van der Waals surface area contributed by atoms with Crippen LogP contribution in [-0.2, 0) is 0 Å². The number of benzene rings is 1. The molecule has 0 amide bonds. The van der Waals surface area contributed by atoms with E-state index in [0.717, 1.165) is 13.0 Å². The summed E-state index contributed by atoms with van der Waals surface area (Å²) in [6.45, 7) is 7.74.